The summed E-state index contributed by atoms with van der Waals surface area (Å²) in [5.41, 5.74) is 9.93. The lowest BCUT2D eigenvalue weighted by Crippen LogP contribution is -2.18. The molecule has 4 rings (SSSR count). The summed E-state index contributed by atoms with van der Waals surface area (Å²) in [5, 5.41) is 2.00. The van der Waals surface area contributed by atoms with Crippen LogP contribution >= 0.6 is 0 Å². The van der Waals surface area contributed by atoms with Gasteiger partial charge in [0.15, 0.2) is 0 Å². The molecule has 2 aromatic carbocycles. The van der Waals surface area contributed by atoms with E-state index in [2.05, 4.69) is 35.8 Å². The highest BCUT2D eigenvalue weighted by Gasteiger charge is 2.22. The molecule has 135 valence electrons. The van der Waals surface area contributed by atoms with E-state index in [1.807, 2.05) is 12.1 Å². The van der Waals surface area contributed by atoms with Crippen molar-refractivity contribution in [1.29, 1.82) is 0 Å². The number of benzene rings is 2. The first-order valence-electron chi connectivity index (χ1n) is 9.94. The summed E-state index contributed by atoms with van der Waals surface area (Å²) in [4.78, 5) is 12.0. The number of primary amides is 1. The molecule has 1 fully saturated rings. The summed E-state index contributed by atoms with van der Waals surface area (Å²) in [6.45, 7) is 3.26. The molecule has 1 saturated carbocycles. The highest BCUT2D eigenvalue weighted by Crippen LogP contribution is 2.36. The predicted octanol–water partition coefficient (Wildman–Crippen LogP) is 5.23. The largest absolute Gasteiger partial charge is 0.366 e. The Kier molecular flexibility index (Phi) is 4.71. The molecule has 1 aliphatic carbocycles. The second-order valence-electron chi connectivity index (χ2n) is 7.70. The van der Waals surface area contributed by atoms with Gasteiger partial charge in [0, 0.05) is 28.4 Å². The average Bonchev–Trinajstić information content (AvgIpc) is 2.91. The Hall–Kier alpha value is -2.29. The average molecular weight is 347 g/mol. The van der Waals surface area contributed by atoms with E-state index >= 15 is 0 Å². The van der Waals surface area contributed by atoms with Gasteiger partial charge in [-0.15, -0.1) is 0 Å². The zero-order chi connectivity index (χ0) is 18.1. The Labute approximate surface area is 155 Å². The summed E-state index contributed by atoms with van der Waals surface area (Å²) < 4.78 is 2.40. The van der Waals surface area contributed by atoms with Gasteiger partial charge in [-0.05, 0) is 61.4 Å². The second-order valence-corrected chi connectivity index (χ2v) is 7.70. The van der Waals surface area contributed by atoms with E-state index in [-0.39, 0.29) is 5.91 Å². The molecule has 0 spiro atoms. The lowest BCUT2D eigenvalue weighted by Gasteiger charge is -2.26. The number of hydrogen-bond acceptors (Lipinski definition) is 1. The van der Waals surface area contributed by atoms with Crippen LogP contribution < -0.4 is 5.73 Å². The van der Waals surface area contributed by atoms with Gasteiger partial charge in [0.2, 0.25) is 5.91 Å². The van der Waals surface area contributed by atoms with E-state index in [0.29, 0.717) is 5.56 Å². The molecular weight excluding hydrogens is 320 g/mol. The molecular formula is C23H27N2O. The number of aryl methyl sites for hydroxylation is 1. The third kappa shape index (κ3) is 3.00. The minimum absolute atomic E-state index is 0.362. The van der Waals surface area contributed by atoms with E-state index in [1.165, 1.54) is 49.6 Å². The third-order valence-corrected chi connectivity index (χ3v) is 5.85. The van der Waals surface area contributed by atoms with Gasteiger partial charge in [-0.25, -0.2) is 0 Å². The van der Waals surface area contributed by atoms with Crippen LogP contribution in [0.3, 0.4) is 0 Å². The molecule has 3 nitrogen and oxygen atoms in total. The number of nitrogens with two attached hydrogens (primary N) is 1. The van der Waals surface area contributed by atoms with E-state index in [9.17, 15) is 4.79 Å². The first-order chi connectivity index (χ1) is 12.7. The minimum atomic E-state index is -0.362. The first kappa shape index (κ1) is 17.1. The number of fused-ring (bicyclic) bond motifs is 3. The third-order valence-electron chi connectivity index (χ3n) is 5.85. The molecule has 3 heteroatoms. The van der Waals surface area contributed by atoms with Crippen LogP contribution in [0.25, 0.3) is 21.8 Å². The SMILES string of the molecule is CCCCCc1c[c]c2c3c(C(N)=O)cccc3n(CC3CCC3)c2c1. The minimum Gasteiger partial charge on any atom is -0.366 e. The van der Waals surface area contributed by atoms with E-state index in [0.717, 1.165) is 35.2 Å². The highest BCUT2D eigenvalue weighted by molar-refractivity contribution is 6.17. The summed E-state index contributed by atoms with van der Waals surface area (Å²) in [6.07, 6.45) is 8.74. The van der Waals surface area contributed by atoms with Crippen LogP contribution in [0, 0.1) is 12.0 Å². The maximum atomic E-state index is 12.0. The molecule has 0 bridgehead atoms. The van der Waals surface area contributed by atoms with Gasteiger partial charge in [-0.1, -0.05) is 38.3 Å². The zero-order valence-electron chi connectivity index (χ0n) is 15.6. The molecule has 1 radical (unpaired) electrons. The van der Waals surface area contributed by atoms with Gasteiger partial charge >= 0.3 is 0 Å². The Morgan fingerprint density at radius 3 is 2.81 bits per heavy atom. The number of nitrogens with zero attached hydrogens (tertiary/aromatic N) is 1. The van der Waals surface area contributed by atoms with Crippen molar-refractivity contribution in [2.45, 2.75) is 58.4 Å². The fourth-order valence-corrected chi connectivity index (χ4v) is 4.16. The molecule has 0 saturated heterocycles. The van der Waals surface area contributed by atoms with Crippen LogP contribution in [0.15, 0.2) is 30.3 Å². The fourth-order valence-electron chi connectivity index (χ4n) is 4.16. The van der Waals surface area contributed by atoms with Crippen molar-refractivity contribution in [2.24, 2.45) is 11.7 Å². The van der Waals surface area contributed by atoms with Gasteiger partial charge < -0.3 is 10.3 Å². The monoisotopic (exact) mass is 347 g/mol. The molecule has 1 aromatic heterocycles. The topological polar surface area (TPSA) is 48.0 Å². The number of amides is 1. The molecule has 0 atom stereocenters. The number of unbranched alkanes of at least 4 members (excludes halogenated alkanes) is 2. The van der Waals surface area contributed by atoms with E-state index in [1.54, 1.807) is 0 Å². The Morgan fingerprint density at radius 2 is 2.12 bits per heavy atom. The number of hydrogen-bond donors (Lipinski definition) is 1. The van der Waals surface area contributed by atoms with Crippen molar-refractivity contribution >= 4 is 27.7 Å². The lowest BCUT2D eigenvalue weighted by molar-refractivity contribution is 0.100. The van der Waals surface area contributed by atoms with E-state index < -0.39 is 0 Å². The van der Waals surface area contributed by atoms with Gasteiger partial charge in [0.05, 0.1) is 5.52 Å². The molecule has 1 aliphatic rings. The van der Waals surface area contributed by atoms with Crippen molar-refractivity contribution in [3.05, 3.63) is 47.5 Å². The van der Waals surface area contributed by atoms with Crippen molar-refractivity contribution in [2.75, 3.05) is 0 Å². The van der Waals surface area contributed by atoms with Crippen molar-refractivity contribution < 1.29 is 4.79 Å². The highest BCUT2D eigenvalue weighted by atomic mass is 16.1. The zero-order valence-corrected chi connectivity index (χ0v) is 15.6. The number of carbonyl (C=O) groups excluding carboxylic acids is 1. The first-order valence-corrected chi connectivity index (χ1v) is 9.94. The standard InChI is InChI=1S/C23H27N2O/c1-2-3-4-7-16-12-13-18-21(14-16)25(15-17-8-5-9-17)20-11-6-10-19(22(18)20)23(24)26/h6,10-12,14,17H,2-5,7-9,15H2,1H3,(H2,24,26). The van der Waals surface area contributed by atoms with Crippen LogP contribution in [0.5, 0.6) is 0 Å². The van der Waals surface area contributed by atoms with Crippen molar-refractivity contribution in [3.63, 3.8) is 0 Å². The molecule has 1 amide bonds. The van der Waals surface area contributed by atoms with Gasteiger partial charge in [-0.3, -0.25) is 4.79 Å². The van der Waals surface area contributed by atoms with Gasteiger partial charge in [0.25, 0.3) is 0 Å². The number of carbonyl (C=O) groups is 1. The Morgan fingerprint density at radius 1 is 1.27 bits per heavy atom. The maximum Gasteiger partial charge on any atom is 0.249 e. The van der Waals surface area contributed by atoms with Gasteiger partial charge in [-0.2, -0.15) is 0 Å². The van der Waals surface area contributed by atoms with Crippen LogP contribution in [0.2, 0.25) is 0 Å². The normalized spacial score (nSPS) is 14.8. The summed E-state index contributed by atoms with van der Waals surface area (Å²) in [6, 6.07) is 13.8. The lowest BCUT2D eigenvalue weighted by atomic mass is 9.85. The van der Waals surface area contributed by atoms with Gasteiger partial charge in [0.1, 0.15) is 0 Å². The number of aromatic nitrogens is 1. The van der Waals surface area contributed by atoms with Crippen LogP contribution in [0.4, 0.5) is 0 Å². The van der Waals surface area contributed by atoms with Crippen molar-refractivity contribution in [1.82, 2.24) is 4.57 Å². The summed E-state index contributed by atoms with van der Waals surface area (Å²) >= 11 is 0. The second kappa shape index (κ2) is 7.14. The van der Waals surface area contributed by atoms with Crippen LogP contribution in [-0.2, 0) is 13.0 Å². The molecule has 0 unspecified atom stereocenters. The Balaban J connectivity index is 1.88. The number of rotatable bonds is 7. The quantitative estimate of drug-likeness (QED) is 0.585. The summed E-state index contributed by atoms with van der Waals surface area (Å²) in [7, 11) is 0. The molecule has 26 heavy (non-hydrogen) atoms. The smallest absolute Gasteiger partial charge is 0.249 e. The molecule has 3 aromatic rings. The predicted molar refractivity (Wildman–Crippen MR) is 107 cm³/mol. The van der Waals surface area contributed by atoms with Crippen molar-refractivity contribution in [3.8, 4) is 0 Å². The van der Waals surface area contributed by atoms with Crippen LogP contribution in [-0.4, -0.2) is 10.5 Å². The van der Waals surface area contributed by atoms with Crippen LogP contribution in [0.1, 0.15) is 61.4 Å². The Bertz CT molecular complexity index is 950. The molecule has 1 heterocycles. The molecule has 0 aliphatic heterocycles. The molecule has 2 N–H and O–H groups in total. The maximum absolute atomic E-state index is 12.0. The van der Waals surface area contributed by atoms with E-state index in [4.69, 9.17) is 5.73 Å². The summed E-state index contributed by atoms with van der Waals surface area (Å²) in [5.74, 6) is 0.383. The fraction of sp³-hybridized carbons (Fsp3) is 0.435.